The molecule has 0 radical (unpaired) electrons. The van der Waals surface area contributed by atoms with Gasteiger partial charge in [-0.1, -0.05) is 11.8 Å². The fourth-order valence-electron chi connectivity index (χ4n) is 3.22. The number of aliphatic imine (C=N–C) groups is 1. The highest BCUT2D eigenvalue weighted by molar-refractivity contribution is 6.39. The number of ether oxygens (including phenoxy) is 3. The van der Waals surface area contributed by atoms with Gasteiger partial charge in [0.15, 0.2) is 11.5 Å². The highest BCUT2D eigenvalue weighted by atomic mass is 16.6. The van der Waals surface area contributed by atoms with E-state index in [1.807, 2.05) is 12.1 Å². The first-order valence-corrected chi connectivity index (χ1v) is 9.69. The molecule has 3 aliphatic rings. The predicted molar refractivity (Wildman–Crippen MR) is 105 cm³/mol. The Balaban J connectivity index is 1.55. The molecule has 2 fully saturated rings. The van der Waals surface area contributed by atoms with Crippen LogP contribution in [0.3, 0.4) is 0 Å². The average Bonchev–Trinajstić information content (AvgIpc) is 3.55. The van der Waals surface area contributed by atoms with Gasteiger partial charge in [-0.3, -0.25) is 4.99 Å². The minimum Gasteiger partial charge on any atom is -0.485 e. The van der Waals surface area contributed by atoms with E-state index in [9.17, 15) is 0 Å². The van der Waals surface area contributed by atoms with Crippen molar-refractivity contribution in [2.75, 3.05) is 26.4 Å². The maximum Gasteiger partial charge on any atom is 0.177 e. The van der Waals surface area contributed by atoms with Gasteiger partial charge < -0.3 is 20.1 Å². The van der Waals surface area contributed by atoms with Crippen molar-refractivity contribution in [3.05, 3.63) is 23.3 Å². The largest absolute Gasteiger partial charge is 0.485 e. The highest BCUT2D eigenvalue weighted by Crippen LogP contribution is 2.37. The van der Waals surface area contributed by atoms with Gasteiger partial charge in [0.05, 0.1) is 18.2 Å². The van der Waals surface area contributed by atoms with Crippen LogP contribution in [0.1, 0.15) is 43.2 Å². The number of rotatable bonds is 4. The van der Waals surface area contributed by atoms with Crippen LogP contribution in [-0.2, 0) is 4.74 Å². The van der Waals surface area contributed by atoms with Crippen molar-refractivity contribution in [3.63, 3.8) is 0 Å². The summed E-state index contributed by atoms with van der Waals surface area (Å²) in [5.41, 5.74) is 2.19. The van der Waals surface area contributed by atoms with Crippen LogP contribution in [-0.4, -0.2) is 44.4 Å². The van der Waals surface area contributed by atoms with Crippen LogP contribution >= 0.6 is 0 Å². The van der Waals surface area contributed by atoms with Crippen molar-refractivity contribution < 1.29 is 14.2 Å². The van der Waals surface area contributed by atoms with Gasteiger partial charge in [0, 0.05) is 24.3 Å². The van der Waals surface area contributed by atoms with Crippen molar-refractivity contribution in [2.45, 2.75) is 38.2 Å². The van der Waals surface area contributed by atoms with Gasteiger partial charge in [0.25, 0.3) is 0 Å². The summed E-state index contributed by atoms with van der Waals surface area (Å²) in [6.07, 6.45) is 7.64. The molecule has 1 saturated carbocycles. The second-order valence-electron chi connectivity index (χ2n) is 7.06. The summed E-state index contributed by atoms with van der Waals surface area (Å²) in [7, 11) is 0. The maximum absolute atomic E-state index is 5.88. The minimum atomic E-state index is 0.183. The van der Waals surface area contributed by atoms with E-state index < -0.39 is 0 Å². The first-order chi connectivity index (χ1) is 13.3. The molecule has 1 unspecified atom stereocenters. The number of nitrogens with zero attached hydrogens (tertiary/aromatic N) is 2. The maximum atomic E-state index is 5.88. The second kappa shape index (κ2) is 8.45. The molecule has 0 bridgehead atoms. The summed E-state index contributed by atoms with van der Waals surface area (Å²) in [4.78, 5) is 4.50. The van der Waals surface area contributed by atoms with Crippen molar-refractivity contribution in [1.82, 2.24) is 0 Å². The first-order valence-electron chi connectivity index (χ1n) is 9.69. The number of hydrogen-bond acceptors (Lipinski definition) is 6. The molecule has 2 aliphatic heterocycles. The molecule has 6 heteroatoms. The molecule has 142 valence electrons. The normalized spacial score (nSPS) is 22.4. The lowest BCUT2D eigenvalue weighted by atomic mass is 10.0. The number of nitrogens with two attached hydrogens (primary N) is 1. The number of benzene rings is 1. The molecule has 0 spiro atoms. The Kier molecular flexibility index (Phi) is 5.59. The van der Waals surface area contributed by atoms with Crippen molar-refractivity contribution in [2.24, 2.45) is 21.9 Å². The Labute approximate surface area is 159 Å². The zero-order valence-corrected chi connectivity index (χ0v) is 15.4. The van der Waals surface area contributed by atoms with Gasteiger partial charge >= 0.3 is 0 Å². The molecule has 1 atom stereocenters. The van der Waals surface area contributed by atoms with E-state index in [-0.39, 0.29) is 6.10 Å². The molecule has 0 aromatic heterocycles. The van der Waals surface area contributed by atoms with E-state index in [0.717, 1.165) is 30.6 Å². The zero-order chi connectivity index (χ0) is 18.5. The van der Waals surface area contributed by atoms with Crippen molar-refractivity contribution in [1.29, 1.82) is 0 Å². The predicted octanol–water partition coefficient (Wildman–Crippen LogP) is 2.52. The summed E-state index contributed by atoms with van der Waals surface area (Å²) in [5, 5.41) is 3.92. The Hall–Kier alpha value is -2.52. The van der Waals surface area contributed by atoms with Crippen LogP contribution in [0.2, 0.25) is 0 Å². The fourth-order valence-corrected chi connectivity index (χ4v) is 3.22. The molecule has 1 aromatic rings. The van der Waals surface area contributed by atoms with Crippen LogP contribution in [0.15, 0.2) is 22.2 Å². The number of fused-ring (bicyclic) bond motifs is 1. The third-order valence-electron chi connectivity index (χ3n) is 4.89. The van der Waals surface area contributed by atoms with Gasteiger partial charge in [0.2, 0.25) is 0 Å². The third kappa shape index (κ3) is 4.42. The van der Waals surface area contributed by atoms with Crippen LogP contribution in [0.5, 0.6) is 11.5 Å². The zero-order valence-electron chi connectivity index (χ0n) is 15.4. The Morgan fingerprint density at radius 3 is 2.70 bits per heavy atom. The lowest BCUT2D eigenvalue weighted by Gasteiger charge is -2.22. The molecular formula is C21H25N3O3. The van der Waals surface area contributed by atoms with E-state index in [1.165, 1.54) is 19.3 Å². The molecule has 2 N–H and O–H groups in total. The topological polar surface area (TPSA) is 78.4 Å². The molecule has 4 rings (SSSR count). The SMILES string of the molecule is N/N=C(\C=NCC1CCCCO1)c1ccc(C#CC2CC2)c2c1OCCO2. The molecule has 2 heterocycles. The lowest BCUT2D eigenvalue weighted by molar-refractivity contribution is 0.0226. The summed E-state index contributed by atoms with van der Waals surface area (Å²) in [6, 6.07) is 3.88. The van der Waals surface area contributed by atoms with E-state index in [0.29, 0.717) is 42.9 Å². The van der Waals surface area contributed by atoms with Crippen LogP contribution in [0.25, 0.3) is 0 Å². The molecule has 1 aromatic carbocycles. The van der Waals surface area contributed by atoms with E-state index in [1.54, 1.807) is 6.21 Å². The van der Waals surface area contributed by atoms with Crippen molar-refractivity contribution in [3.8, 4) is 23.3 Å². The molecule has 27 heavy (non-hydrogen) atoms. The molecular weight excluding hydrogens is 342 g/mol. The summed E-state index contributed by atoms with van der Waals surface area (Å²) >= 11 is 0. The fraction of sp³-hybridized carbons (Fsp3) is 0.524. The molecule has 1 aliphatic carbocycles. The monoisotopic (exact) mass is 367 g/mol. The third-order valence-corrected chi connectivity index (χ3v) is 4.89. The number of hydrogen-bond donors (Lipinski definition) is 1. The summed E-state index contributed by atoms with van der Waals surface area (Å²) in [5.74, 6) is 14.0. The smallest absolute Gasteiger partial charge is 0.177 e. The van der Waals surface area contributed by atoms with Gasteiger partial charge in [-0.05, 0) is 44.2 Å². The van der Waals surface area contributed by atoms with Crippen LogP contribution < -0.4 is 15.3 Å². The van der Waals surface area contributed by atoms with Gasteiger partial charge in [-0.25, -0.2) is 0 Å². The van der Waals surface area contributed by atoms with E-state index >= 15 is 0 Å². The van der Waals surface area contributed by atoms with Gasteiger partial charge in [-0.15, -0.1) is 0 Å². The van der Waals surface area contributed by atoms with Gasteiger partial charge in [-0.2, -0.15) is 5.10 Å². The Morgan fingerprint density at radius 2 is 1.96 bits per heavy atom. The van der Waals surface area contributed by atoms with Crippen LogP contribution in [0.4, 0.5) is 0 Å². The van der Waals surface area contributed by atoms with E-state index in [2.05, 4.69) is 21.9 Å². The molecule has 1 saturated heterocycles. The van der Waals surface area contributed by atoms with Gasteiger partial charge in [0.1, 0.15) is 18.9 Å². The molecule has 0 amide bonds. The summed E-state index contributed by atoms with van der Waals surface area (Å²) in [6.45, 7) is 2.44. The average molecular weight is 367 g/mol. The Bertz CT molecular complexity index is 797. The van der Waals surface area contributed by atoms with E-state index in [4.69, 9.17) is 20.1 Å². The highest BCUT2D eigenvalue weighted by Gasteiger charge is 2.23. The second-order valence-corrected chi connectivity index (χ2v) is 7.06. The minimum absolute atomic E-state index is 0.183. The standard InChI is InChI=1S/C21H25N3O3/c22-24-19(14-23-13-17-3-1-2-10-25-17)18-9-8-16(7-6-15-4-5-15)20-21(18)27-12-11-26-20/h8-9,14-15,17H,1-5,10-13,22H2/b23-14?,24-19+. The number of hydrazone groups is 1. The molecule has 6 nitrogen and oxygen atoms in total. The first kappa shape index (κ1) is 17.9. The van der Waals surface area contributed by atoms with Crippen LogP contribution in [0, 0.1) is 17.8 Å². The van der Waals surface area contributed by atoms with Crippen molar-refractivity contribution >= 4 is 11.9 Å². The Morgan fingerprint density at radius 1 is 1.11 bits per heavy atom. The summed E-state index contributed by atoms with van der Waals surface area (Å²) < 4.78 is 17.4. The lowest BCUT2D eigenvalue weighted by Crippen LogP contribution is -2.22. The quantitative estimate of drug-likeness (QED) is 0.384.